The molecule has 2 aliphatic heterocycles. The number of carbonyl (C=O) groups excluding carboxylic acids is 2. The number of rotatable bonds is 9. The van der Waals surface area contributed by atoms with Crippen molar-refractivity contribution in [2.45, 2.75) is 57.0 Å². The number of carboxylic acids is 1. The molecular weight excluding hydrogens is 404 g/mol. The van der Waals surface area contributed by atoms with E-state index < -0.39 is 41.8 Å². The summed E-state index contributed by atoms with van der Waals surface area (Å²) in [4.78, 5) is 38.8. The highest BCUT2D eigenvalue weighted by Crippen LogP contribution is 2.37. The number of carbonyl (C=O) groups is 3. The van der Waals surface area contributed by atoms with Crippen LogP contribution in [0.5, 0.6) is 0 Å². The lowest BCUT2D eigenvalue weighted by Gasteiger charge is -2.32. The van der Waals surface area contributed by atoms with E-state index in [1.54, 1.807) is 13.8 Å². The molecule has 0 radical (unpaired) electrons. The summed E-state index contributed by atoms with van der Waals surface area (Å²) in [7, 11) is 0. The predicted molar refractivity (Wildman–Crippen MR) is 110 cm³/mol. The normalized spacial score (nSPS) is 21.7. The predicted octanol–water partition coefficient (Wildman–Crippen LogP) is 0.958. The number of carboxylic acid groups (broad SMARTS) is 1. The maximum absolute atomic E-state index is 13.1. The first-order valence-corrected chi connectivity index (χ1v) is 10.7. The van der Waals surface area contributed by atoms with E-state index >= 15 is 0 Å². The highest BCUT2D eigenvalue weighted by molar-refractivity contribution is 5.88. The first-order valence-electron chi connectivity index (χ1n) is 10.7. The molecule has 3 atom stereocenters. The smallest absolute Gasteiger partial charge is 0.332 e. The van der Waals surface area contributed by atoms with E-state index in [0.29, 0.717) is 26.1 Å². The van der Waals surface area contributed by atoms with Crippen molar-refractivity contribution in [1.29, 1.82) is 0 Å². The molecule has 1 aromatic rings. The number of esters is 1. The summed E-state index contributed by atoms with van der Waals surface area (Å²) < 4.78 is 16.3. The number of nitrogens with one attached hydrogen (secondary N) is 1. The molecule has 9 heteroatoms. The van der Waals surface area contributed by atoms with Crippen LogP contribution in [0.4, 0.5) is 0 Å². The minimum Gasteiger partial charge on any atom is -0.480 e. The van der Waals surface area contributed by atoms with E-state index in [0.717, 1.165) is 5.56 Å². The fourth-order valence-electron chi connectivity index (χ4n) is 4.20. The molecule has 9 nitrogen and oxygen atoms in total. The third kappa shape index (κ3) is 5.23. The van der Waals surface area contributed by atoms with E-state index in [1.807, 2.05) is 30.3 Å². The zero-order valence-electron chi connectivity index (χ0n) is 17.9. The average molecular weight is 434 g/mol. The van der Waals surface area contributed by atoms with Gasteiger partial charge in [0.25, 0.3) is 0 Å². The SMILES string of the molecule is CCOC(=O)C(CCc1ccccc1)N[C@@H](C)C(=O)N1CCC2(OCCO2)C1C(=O)O. The second-order valence-corrected chi connectivity index (χ2v) is 7.75. The van der Waals surface area contributed by atoms with Gasteiger partial charge < -0.3 is 24.2 Å². The third-order valence-corrected chi connectivity index (χ3v) is 5.68. The zero-order valence-corrected chi connectivity index (χ0v) is 17.9. The fraction of sp³-hybridized carbons (Fsp3) is 0.591. The van der Waals surface area contributed by atoms with Gasteiger partial charge in [0.15, 0.2) is 6.04 Å². The number of aryl methyl sites for hydroxylation is 1. The van der Waals surface area contributed by atoms with Gasteiger partial charge in [0.05, 0.1) is 25.9 Å². The molecule has 2 fully saturated rings. The molecule has 2 N–H and O–H groups in total. The summed E-state index contributed by atoms with van der Waals surface area (Å²) in [6.07, 6.45) is 1.36. The highest BCUT2D eigenvalue weighted by Gasteiger charge is 2.57. The molecule has 1 amide bonds. The van der Waals surface area contributed by atoms with Gasteiger partial charge in [-0.3, -0.25) is 14.9 Å². The van der Waals surface area contributed by atoms with Gasteiger partial charge in [-0.1, -0.05) is 30.3 Å². The van der Waals surface area contributed by atoms with Crippen LogP contribution in [0.25, 0.3) is 0 Å². The fourth-order valence-corrected chi connectivity index (χ4v) is 4.20. The van der Waals surface area contributed by atoms with Crippen LogP contribution in [0.1, 0.15) is 32.3 Å². The van der Waals surface area contributed by atoms with Crippen LogP contribution in [-0.2, 0) is 35.0 Å². The van der Waals surface area contributed by atoms with Crippen LogP contribution in [0.3, 0.4) is 0 Å². The van der Waals surface area contributed by atoms with E-state index in [2.05, 4.69) is 5.32 Å². The van der Waals surface area contributed by atoms with Crippen molar-refractivity contribution in [3.63, 3.8) is 0 Å². The number of likely N-dealkylation sites (tertiary alicyclic amines) is 1. The van der Waals surface area contributed by atoms with Crippen molar-refractivity contribution < 1.29 is 33.7 Å². The molecule has 2 aliphatic rings. The quantitative estimate of drug-likeness (QED) is 0.553. The lowest BCUT2D eigenvalue weighted by atomic mass is 10.0. The maximum atomic E-state index is 13.1. The second-order valence-electron chi connectivity index (χ2n) is 7.75. The van der Waals surface area contributed by atoms with Crippen LogP contribution in [0.15, 0.2) is 30.3 Å². The van der Waals surface area contributed by atoms with Crippen LogP contribution in [0, 0.1) is 0 Å². The monoisotopic (exact) mass is 434 g/mol. The van der Waals surface area contributed by atoms with E-state index in [4.69, 9.17) is 14.2 Å². The molecule has 0 aliphatic carbocycles. The van der Waals surface area contributed by atoms with E-state index in [9.17, 15) is 19.5 Å². The molecule has 31 heavy (non-hydrogen) atoms. The third-order valence-electron chi connectivity index (χ3n) is 5.68. The summed E-state index contributed by atoms with van der Waals surface area (Å²) >= 11 is 0. The summed E-state index contributed by atoms with van der Waals surface area (Å²) in [6, 6.07) is 7.01. The summed E-state index contributed by atoms with van der Waals surface area (Å²) in [5.74, 6) is -3.33. The van der Waals surface area contributed by atoms with Crippen molar-refractivity contribution in [1.82, 2.24) is 10.2 Å². The van der Waals surface area contributed by atoms with Crippen LogP contribution in [-0.4, -0.2) is 78.1 Å². The minimum atomic E-state index is -1.30. The second kappa shape index (κ2) is 10.2. The van der Waals surface area contributed by atoms with Crippen molar-refractivity contribution in [3.8, 4) is 0 Å². The van der Waals surface area contributed by atoms with Crippen molar-refractivity contribution in [2.75, 3.05) is 26.4 Å². The number of benzene rings is 1. The molecule has 1 aromatic carbocycles. The topological polar surface area (TPSA) is 114 Å². The van der Waals surface area contributed by atoms with Gasteiger partial charge in [-0.2, -0.15) is 0 Å². The minimum absolute atomic E-state index is 0.204. The highest BCUT2D eigenvalue weighted by atomic mass is 16.7. The molecule has 0 saturated carbocycles. The average Bonchev–Trinajstić information content (AvgIpc) is 3.38. The molecule has 2 unspecified atom stereocenters. The first kappa shape index (κ1) is 23.2. The molecule has 2 heterocycles. The van der Waals surface area contributed by atoms with Gasteiger partial charge >= 0.3 is 11.9 Å². The van der Waals surface area contributed by atoms with Crippen LogP contribution >= 0.6 is 0 Å². The molecule has 0 aromatic heterocycles. The summed E-state index contributed by atoms with van der Waals surface area (Å²) in [6.45, 7) is 4.37. The van der Waals surface area contributed by atoms with Gasteiger partial charge in [0, 0.05) is 13.0 Å². The Morgan fingerprint density at radius 3 is 2.55 bits per heavy atom. The number of nitrogens with zero attached hydrogens (tertiary/aromatic N) is 1. The lowest BCUT2D eigenvalue weighted by Crippen LogP contribution is -2.57. The Hall–Kier alpha value is -2.49. The van der Waals surface area contributed by atoms with Gasteiger partial charge in [-0.25, -0.2) is 4.79 Å². The van der Waals surface area contributed by atoms with Crippen LogP contribution < -0.4 is 5.32 Å². The van der Waals surface area contributed by atoms with Crippen molar-refractivity contribution in [3.05, 3.63) is 35.9 Å². The van der Waals surface area contributed by atoms with Crippen LogP contribution in [0.2, 0.25) is 0 Å². The molecule has 1 spiro atoms. The number of hydrogen-bond donors (Lipinski definition) is 2. The number of aliphatic carboxylic acids is 1. The molecule has 170 valence electrons. The van der Waals surface area contributed by atoms with Gasteiger partial charge in [-0.15, -0.1) is 0 Å². The van der Waals surface area contributed by atoms with Gasteiger partial charge in [0.1, 0.15) is 6.04 Å². The lowest BCUT2D eigenvalue weighted by molar-refractivity contribution is -0.192. The molecule has 2 saturated heterocycles. The van der Waals surface area contributed by atoms with E-state index in [-0.39, 0.29) is 19.6 Å². The van der Waals surface area contributed by atoms with Crippen molar-refractivity contribution in [2.24, 2.45) is 0 Å². The van der Waals surface area contributed by atoms with Gasteiger partial charge in [-0.05, 0) is 32.3 Å². The van der Waals surface area contributed by atoms with E-state index in [1.165, 1.54) is 4.90 Å². The van der Waals surface area contributed by atoms with Gasteiger partial charge in [0.2, 0.25) is 11.7 Å². The Balaban J connectivity index is 1.68. The largest absolute Gasteiger partial charge is 0.480 e. The Bertz CT molecular complexity index is 779. The number of ether oxygens (including phenoxy) is 3. The summed E-state index contributed by atoms with van der Waals surface area (Å²) in [5, 5.41) is 12.8. The number of amides is 1. The Labute approximate surface area is 181 Å². The maximum Gasteiger partial charge on any atom is 0.332 e. The number of hydrogen-bond acceptors (Lipinski definition) is 7. The first-order chi connectivity index (χ1) is 14.9. The Morgan fingerprint density at radius 1 is 1.26 bits per heavy atom. The zero-order chi connectivity index (χ0) is 22.4. The molecular formula is C22H30N2O7. The Kier molecular flexibility index (Phi) is 7.64. The molecule has 3 rings (SSSR count). The molecule has 0 bridgehead atoms. The standard InChI is InChI=1S/C22H30N2O7/c1-3-29-21(28)17(10-9-16-7-5-4-6-8-16)23-15(2)19(25)24-12-11-22(18(24)20(26)27)30-13-14-31-22/h4-8,15,17-18,23H,3,9-14H2,1-2H3,(H,26,27)/t15-,17?,18?/m0/s1. The summed E-state index contributed by atoms with van der Waals surface area (Å²) in [5.41, 5.74) is 1.07. The van der Waals surface area contributed by atoms with Crippen molar-refractivity contribution >= 4 is 17.8 Å². The Morgan fingerprint density at radius 2 is 1.94 bits per heavy atom.